The van der Waals surface area contributed by atoms with E-state index in [9.17, 15) is 9.59 Å². The highest BCUT2D eigenvalue weighted by Gasteiger charge is 2.27. The van der Waals surface area contributed by atoms with E-state index in [0.29, 0.717) is 43.4 Å². The number of furan rings is 1. The topological polar surface area (TPSA) is 74.3 Å². The van der Waals surface area contributed by atoms with Crippen molar-refractivity contribution < 1.29 is 14.0 Å². The number of piperazine rings is 1. The Kier molecular flexibility index (Phi) is 6.72. The van der Waals surface area contributed by atoms with Gasteiger partial charge in [-0.25, -0.2) is 4.98 Å². The molecule has 4 rings (SSSR count). The molecule has 0 aliphatic carbocycles. The van der Waals surface area contributed by atoms with Crippen LogP contribution in [-0.4, -0.2) is 70.8 Å². The van der Waals surface area contributed by atoms with Gasteiger partial charge in [0.25, 0.3) is 11.8 Å². The summed E-state index contributed by atoms with van der Waals surface area (Å²) in [5, 5.41) is 0. The van der Waals surface area contributed by atoms with E-state index in [1.54, 1.807) is 17.0 Å². The van der Waals surface area contributed by atoms with Crippen LogP contribution in [0.25, 0.3) is 5.65 Å². The lowest BCUT2D eigenvalue weighted by atomic mass is 10.1. The van der Waals surface area contributed by atoms with E-state index < -0.39 is 0 Å². The largest absolute Gasteiger partial charge is 0.459 e. The molecule has 0 bridgehead atoms. The molecule has 1 aliphatic rings. The van der Waals surface area contributed by atoms with Crippen molar-refractivity contribution in [3.05, 3.63) is 53.7 Å². The molecular weight excluding hydrogens is 418 g/mol. The maximum atomic E-state index is 13.3. The molecule has 1 aliphatic heterocycles. The SMILES string of the molecule is CCc1nc2ccc(C(=O)N3CCN(C(=O)c4ccco4)CC3)cn2c1N(C)CCC(C)C. The molecule has 0 saturated carbocycles. The van der Waals surface area contributed by atoms with Gasteiger partial charge in [-0.2, -0.15) is 0 Å². The first-order valence-corrected chi connectivity index (χ1v) is 11.7. The Bertz CT molecular complexity index is 1110. The first kappa shape index (κ1) is 22.9. The number of anilines is 1. The molecule has 4 heterocycles. The Morgan fingerprint density at radius 2 is 1.79 bits per heavy atom. The molecule has 0 N–H and O–H groups in total. The average Bonchev–Trinajstić information content (AvgIpc) is 3.49. The molecular formula is C25H33N5O3. The summed E-state index contributed by atoms with van der Waals surface area (Å²) in [5.74, 6) is 1.85. The van der Waals surface area contributed by atoms with Crippen molar-refractivity contribution >= 4 is 23.3 Å². The molecule has 176 valence electrons. The van der Waals surface area contributed by atoms with Crippen LogP contribution in [0.3, 0.4) is 0 Å². The molecule has 8 heteroatoms. The van der Waals surface area contributed by atoms with E-state index in [4.69, 9.17) is 9.40 Å². The van der Waals surface area contributed by atoms with Crippen molar-refractivity contribution in [1.82, 2.24) is 19.2 Å². The van der Waals surface area contributed by atoms with Crippen LogP contribution in [0, 0.1) is 5.92 Å². The highest BCUT2D eigenvalue weighted by molar-refractivity contribution is 5.95. The van der Waals surface area contributed by atoms with Crippen molar-refractivity contribution in [3.63, 3.8) is 0 Å². The summed E-state index contributed by atoms with van der Waals surface area (Å²) in [5.41, 5.74) is 2.52. The van der Waals surface area contributed by atoms with E-state index >= 15 is 0 Å². The molecule has 0 aromatic carbocycles. The van der Waals surface area contributed by atoms with Crippen LogP contribution >= 0.6 is 0 Å². The standard InChI is InChI=1S/C25H33N5O3/c1-5-20-23(27(4)11-10-18(2)3)30-17-19(8-9-22(30)26-20)24(31)28-12-14-29(15-13-28)25(32)21-7-6-16-33-21/h6-9,16-18H,5,10-15H2,1-4H3. The predicted molar refractivity (Wildman–Crippen MR) is 128 cm³/mol. The van der Waals surface area contributed by atoms with E-state index in [1.165, 1.54) is 6.26 Å². The smallest absolute Gasteiger partial charge is 0.289 e. The second-order valence-corrected chi connectivity index (χ2v) is 9.05. The summed E-state index contributed by atoms with van der Waals surface area (Å²) in [7, 11) is 2.09. The molecule has 2 amide bonds. The maximum Gasteiger partial charge on any atom is 0.289 e. The number of hydrogen-bond donors (Lipinski definition) is 0. The van der Waals surface area contributed by atoms with Gasteiger partial charge in [0.15, 0.2) is 5.76 Å². The summed E-state index contributed by atoms with van der Waals surface area (Å²) in [4.78, 5) is 36.3. The quantitative estimate of drug-likeness (QED) is 0.549. The Hall–Kier alpha value is -3.29. The number of rotatable bonds is 7. The van der Waals surface area contributed by atoms with Crippen LogP contribution in [0.15, 0.2) is 41.1 Å². The van der Waals surface area contributed by atoms with E-state index in [-0.39, 0.29) is 11.8 Å². The Morgan fingerprint density at radius 3 is 2.39 bits per heavy atom. The second kappa shape index (κ2) is 9.68. The van der Waals surface area contributed by atoms with Crippen LogP contribution in [0.1, 0.15) is 53.8 Å². The van der Waals surface area contributed by atoms with Gasteiger partial charge in [0.2, 0.25) is 0 Å². The van der Waals surface area contributed by atoms with Gasteiger partial charge in [0.05, 0.1) is 17.5 Å². The van der Waals surface area contributed by atoms with Gasteiger partial charge in [0, 0.05) is 46.0 Å². The van der Waals surface area contributed by atoms with Gasteiger partial charge in [-0.3, -0.25) is 14.0 Å². The van der Waals surface area contributed by atoms with Gasteiger partial charge < -0.3 is 19.1 Å². The normalized spacial score (nSPS) is 14.3. The number of fused-ring (bicyclic) bond motifs is 1. The van der Waals surface area contributed by atoms with Crippen LogP contribution in [-0.2, 0) is 6.42 Å². The second-order valence-electron chi connectivity index (χ2n) is 9.05. The molecule has 1 saturated heterocycles. The zero-order chi connectivity index (χ0) is 23.5. The third-order valence-corrected chi connectivity index (χ3v) is 6.23. The molecule has 33 heavy (non-hydrogen) atoms. The lowest BCUT2D eigenvalue weighted by molar-refractivity contribution is 0.0518. The zero-order valence-corrected chi connectivity index (χ0v) is 20.0. The fourth-order valence-electron chi connectivity index (χ4n) is 4.26. The molecule has 0 atom stereocenters. The third-order valence-electron chi connectivity index (χ3n) is 6.23. The Balaban J connectivity index is 1.50. The highest BCUT2D eigenvalue weighted by atomic mass is 16.3. The minimum atomic E-state index is -0.131. The molecule has 3 aromatic rings. The Labute approximate surface area is 194 Å². The molecule has 0 spiro atoms. The number of nitrogens with zero attached hydrogens (tertiary/aromatic N) is 5. The van der Waals surface area contributed by atoms with Crippen LogP contribution in [0.4, 0.5) is 5.82 Å². The van der Waals surface area contributed by atoms with Gasteiger partial charge in [-0.05, 0) is 43.0 Å². The number of hydrogen-bond acceptors (Lipinski definition) is 5. The van der Waals surface area contributed by atoms with E-state index in [1.807, 2.05) is 27.6 Å². The molecule has 0 radical (unpaired) electrons. The third kappa shape index (κ3) is 4.74. The summed E-state index contributed by atoms with van der Waals surface area (Å²) in [6.45, 7) is 9.45. The maximum absolute atomic E-state index is 13.3. The van der Waals surface area contributed by atoms with Gasteiger partial charge >= 0.3 is 0 Å². The van der Waals surface area contributed by atoms with E-state index in [2.05, 4.69) is 32.7 Å². The number of carbonyl (C=O) groups is 2. The van der Waals surface area contributed by atoms with Crippen molar-refractivity contribution in [2.75, 3.05) is 44.7 Å². The number of aryl methyl sites for hydroxylation is 1. The number of pyridine rings is 1. The van der Waals surface area contributed by atoms with Crippen LogP contribution in [0.2, 0.25) is 0 Å². The van der Waals surface area contributed by atoms with Crippen LogP contribution < -0.4 is 4.90 Å². The van der Waals surface area contributed by atoms with Crippen LogP contribution in [0.5, 0.6) is 0 Å². The zero-order valence-electron chi connectivity index (χ0n) is 20.0. The lowest BCUT2D eigenvalue weighted by Gasteiger charge is -2.34. The lowest BCUT2D eigenvalue weighted by Crippen LogP contribution is -2.50. The summed E-state index contributed by atoms with van der Waals surface area (Å²) in [6.07, 6.45) is 5.33. The van der Waals surface area contributed by atoms with E-state index in [0.717, 1.165) is 36.5 Å². The Morgan fingerprint density at radius 1 is 1.09 bits per heavy atom. The van der Waals surface area contributed by atoms with Crippen molar-refractivity contribution in [1.29, 1.82) is 0 Å². The number of imidazole rings is 1. The van der Waals surface area contributed by atoms with Crippen molar-refractivity contribution in [2.24, 2.45) is 5.92 Å². The monoisotopic (exact) mass is 451 g/mol. The number of carbonyl (C=O) groups excluding carboxylic acids is 2. The molecule has 3 aromatic heterocycles. The number of amides is 2. The highest BCUT2D eigenvalue weighted by Crippen LogP contribution is 2.24. The summed E-state index contributed by atoms with van der Waals surface area (Å²) in [6, 6.07) is 7.14. The minimum Gasteiger partial charge on any atom is -0.459 e. The van der Waals surface area contributed by atoms with Crippen molar-refractivity contribution in [2.45, 2.75) is 33.6 Å². The summed E-state index contributed by atoms with van der Waals surface area (Å²) < 4.78 is 7.27. The minimum absolute atomic E-state index is 0.0236. The first-order chi connectivity index (χ1) is 15.9. The fourth-order valence-corrected chi connectivity index (χ4v) is 4.26. The molecule has 8 nitrogen and oxygen atoms in total. The first-order valence-electron chi connectivity index (χ1n) is 11.7. The average molecular weight is 452 g/mol. The fraction of sp³-hybridized carbons (Fsp3) is 0.480. The predicted octanol–water partition coefficient (Wildman–Crippen LogP) is 3.57. The van der Waals surface area contributed by atoms with Gasteiger partial charge in [0.1, 0.15) is 11.5 Å². The summed E-state index contributed by atoms with van der Waals surface area (Å²) >= 11 is 0. The number of aromatic nitrogens is 2. The molecule has 1 fully saturated rings. The van der Waals surface area contributed by atoms with Gasteiger partial charge in [-0.15, -0.1) is 0 Å². The molecule has 0 unspecified atom stereocenters. The van der Waals surface area contributed by atoms with Crippen molar-refractivity contribution in [3.8, 4) is 0 Å². The van der Waals surface area contributed by atoms with Gasteiger partial charge in [-0.1, -0.05) is 20.8 Å².